The van der Waals surface area contributed by atoms with Crippen LogP contribution in [0.4, 0.5) is 9.52 Å². The normalized spacial score (nSPS) is 18.3. The number of carbonyl (C=O) groups is 2. The molecule has 1 aromatic heterocycles. The first kappa shape index (κ1) is 16.0. The van der Waals surface area contributed by atoms with E-state index in [9.17, 15) is 14.0 Å². The minimum Gasteiger partial charge on any atom is -0.369 e. The van der Waals surface area contributed by atoms with Gasteiger partial charge < -0.3 is 9.74 Å². The molecule has 0 radical (unpaired) electrons. The lowest BCUT2D eigenvalue weighted by molar-refractivity contribution is -0.129. The molecule has 27 heavy (non-hydrogen) atoms. The van der Waals surface area contributed by atoms with Crippen LogP contribution in [0, 0.1) is 5.82 Å². The molecule has 5 rings (SSSR count). The summed E-state index contributed by atoms with van der Waals surface area (Å²) in [6.07, 6.45) is 1.56. The Hall–Kier alpha value is -3.26. The number of carbonyl (C=O) groups excluding carboxylic acids is 2. The number of fused-ring (bicyclic) bond motifs is 2. The van der Waals surface area contributed by atoms with Crippen molar-refractivity contribution in [3.8, 4) is 5.75 Å². The fraction of sp³-hybridized carbons (Fsp3) is 0.105. The van der Waals surface area contributed by atoms with E-state index in [1.54, 1.807) is 23.7 Å². The Kier molecular flexibility index (Phi) is 3.48. The number of nitrogens with zero attached hydrogens (tertiary/aromatic N) is 3. The topological polar surface area (TPSA) is 62.7 Å². The second kappa shape index (κ2) is 5.88. The predicted molar refractivity (Wildman–Crippen MR) is 95.7 cm³/mol. The summed E-state index contributed by atoms with van der Waals surface area (Å²) >= 11 is 1.24. The van der Waals surface area contributed by atoms with Gasteiger partial charge in [-0.05, 0) is 29.8 Å². The van der Waals surface area contributed by atoms with E-state index < -0.39 is 17.8 Å². The van der Waals surface area contributed by atoms with E-state index in [0.717, 1.165) is 10.6 Å². The largest absolute Gasteiger partial charge is 0.369 e. The molecule has 1 atom stereocenters. The Labute approximate surface area is 157 Å². The van der Waals surface area contributed by atoms with Crippen LogP contribution in [0.2, 0.25) is 0 Å². The maximum atomic E-state index is 13.9. The van der Waals surface area contributed by atoms with E-state index in [4.69, 9.17) is 4.84 Å². The number of halogens is 1. The van der Waals surface area contributed by atoms with Gasteiger partial charge in [0.15, 0.2) is 5.75 Å². The van der Waals surface area contributed by atoms with Crippen LogP contribution >= 0.6 is 11.3 Å². The highest BCUT2D eigenvalue weighted by atomic mass is 32.1. The summed E-state index contributed by atoms with van der Waals surface area (Å²) in [5, 5.41) is 3.15. The molecule has 0 aliphatic carbocycles. The third kappa shape index (κ3) is 2.41. The molecule has 3 aromatic rings. The highest BCUT2D eigenvalue weighted by Crippen LogP contribution is 2.41. The first-order chi connectivity index (χ1) is 13.1. The molecule has 6 nitrogen and oxygen atoms in total. The van der Waals surface area contributed by atoms with Crippen LogP contribution in [0.1, 0.15) is 27.5 Å². The molecule has 2 aromatic carbocycles. The third-order valence-corrected chi connectivity index (χ3v) is 5.38. The maximum Gasteiger partial charge on any atom is 0.289 e. The highest BCUT2D eigenvalue weighted by molar-refractivity contribution is 7.13. The molecule has 2 aliphatic rings. The lowest BCUT2D eigenvalue weighted by Crippen LogP contribution is -2.48. The number of benzene rings is 2. The second-order valence-corrected chi connectivity index (χ2v) is 7.09. The van der Waals surface area contributed by atoms with E-state index >= 15 is 0 Å². The lowest BCUT2D eigenvalue weighted by atomic mass is 10.0. The van der Waals surface area contributed by atoms with Crippen LogP contribution in [0.25, 0.3) is 0 Å². The van der Waals surface area contributed by atoms with Crippen molar-refractivity contribution >= 4 is 28.3 Å². The molecule has 0 saturated carbocycles. The van der Waals surface area contributed by atoms with E-state index in [1.165, 1.54) is 34.4 Å². The van der Waals surface area contributed by atoms with Crippen molar-refractivity contribution in [1.29, 1.82) is 0 Å². The summed E-state index contributed by atoms with van der Waals surface area (Å²) in [6.45, 7) is 0.271. The monoisotopic (exact) mass is 381 g/mol. The van der Waals surface area contributed by atoms with Gasteiger partial charge in [-0.25, -0.2) is 9.37 Å². The Bertz CT molecular complexity index is 1070. The number of rotatable bonds is 2. The van der Waals surface area contributed by atoms with Crippen molar-refractivity contribution in [2.45, 2.75) is 12.6 Å². The SMILES string of the molecule is O=C1C(N2Cc3ccccc3C2=O)c2cc(F)ccc2ON1c1nccs1. The standard InChI is InChI=1S/C19H12FN3O3S/c20-12-5-6-15-14(9-12)16(18(25)23(26-15)19-21-7-8-27-19)22-10-11-3-1-2-4-13(11)17(22)24/h1-9,16H,10H2. The van der Waals surface area contributed by atoms with Gasteiger partial charge in [0.2, 0.25) is 5.13 Å². The number of hydrogen-bond donors (Lipinski definition) is 0. The average Bonchev–Trinajstić information content (AvgIpc) is 3.30. The number of anilines is 1. The van der Waals surface area contributed by atoms with E-state index in [2.05, 4.69) is 4.98 Å². The number of hydroxylamine groups is 1. The predicted octanol–water partition coefficient (Wildman–Crippen LogP) is 3.32. The van der Waals surface area contributed by atoms with Crippen LogP contribution in [0.15, 0.2) is 54.0 Å². The van der Waals surface area contributed by atoms with Gasteiger partial charge in [0, 0.05) is 29.2 Å². The first-order valence-electron chi connectivity index (χ1n) is 8.23. The summed E-state index contributed by atoms with van der Waals surface area (Å²) in [6, 6.07) is 10.2. The summed E-state index contributed by atoms with van der Waals surface area (Å²) in [5.74, 6) is -0.925. The van der Waals surface area contributed by atoms with Gasteiger partial charge in [-0.3, -0.25) is 9.59 Å². The van der Waals surface area contributed by atoms with Crippen LogP contribution in [-0.4, -0.2) is 21.7 Å². The molecule has 0 bridgehead atoms. The van der Waals surface area contributed by atoms with Crippen LogP contribution in [0.5, 0.6) is 5.75 Å². The van der Waals surface area contributed by atoms with Crippen molar-refractivity contribution in [3.63, 3.8) is 0 Å². The lowest BCUT2D eigenvalue weighted by Gasteiger charge is -2.36. The van der Waals surface area contributed by atoms with Crippen molar-refractivity contribution in [3.05, 3.63) is 76.5 Å². The number of amides is 2. The van der Waals surface area contributed by atoms with E-state index in [0.29, 0.717) is 22.0 Å². The molecular formula is C19H12FN3O3S. The Morgan fingerprint density at radius 1 is 1.19 bits per heavy atom. The molecule has 8 heteroatoms. The van der Waals surface area contributed by atoms with Crippen LogP contribution in [0.3, 0.4) is 0 Å². The van der Waals surface area contributed by atoms with Gasteiger partial charge in [0.25, 0.3) is 11.8 Å². The Morgan fingerprint density at radius 3 is 2.81 bits per heavy atom. The van der Waals surface area contributed by atoms with Crippen molar-refractivity contribution in [2.75, 3.05) is 5.06 Å². The van der Waals surface area contributed by atoms with Crippen molar-refractivity contribution < 1.29 is 18.8 Å². The molecule has 3 heterocycles. The van der Waals surface area contributed by atoms with E-state index in [1.807, 2.05) is 12.1 Å². The molecule has 1 unspecified atom stereocenters. The zero-order valence-electron chi connectivity index (χ0n) is 13.8. The molecule has 0 spiro atoms. The third-order valence-electron chi connectivity index (χ3n) is 4.64. The number of aromatic nitrogens is 1. The summed E-state index contributed by atoms with van der Waals surface area (Å²) in [4.78, 5) is 37.4. The van der Waals surface area contributed by atoms with Crippen LogP contribution < -0.4 is 9.90 Å². The van der Waals surface area contributed by atoms with Gasteiger partial charge in [-0.1, -0.05) is 18.2 Å². The molecule has 134 valence electrons. The zero-order chi connectivity index (χ0) is 18.5. The summed E-state index contributed by atoms with van der Waals surface area (Å²) in [5.41, 5.74) is 1.71. The first-order valence-corrected chi connectivity index (χ1v) is 9.11. The Balaban J connectivity index is 1.63. The fourth-order valence-corrected chi connectivity index (χ4v) is 4.03. The average molecular weight is 381 g/mol. The molecule has 0 saturated heterocycles. The minimum atomic E-state index is -0.992. The van der Waals surface area contributed by atoms with E-state index in [-0.39, 0.29) is 12.5 Å². The fourth-order valence-electron chi connectivity index (χ4n) is 3.44. The van der Waals surface area contributed by atoms with Crippen molar-refractivity contribution in [1.82, 2.24) is 9.88 Å². The maximum absolute atomic E-state index is 13.9. The molecule has 0 N–H and O–H groups in total. The van der Waals surface area contributed by atoms with Gasteiger partial charge >= 0.3 is 0 Å². The Morgan fingerprint density at radius 2 is 2.04 bits per heavy atom. The molecule has 0 fully saturated rings. The molecule has 2 amide bonds. The van der Waals surface area contributed by atoms with Crippen molar-refractivity contribution in [2.24, 2.45) is 0 Å². The van der Waals surface area contributed by atoms with Crippen LogP contribution in [-0.2, 0) is 11.3 Å². The number of hydrogen-bond acceptors (Lipinski definition) is 5. The van der Waals surface area contributed by atoms with Gasteiger partial charge in [0.05, 0.1) is 0 Å². The van der Waals surface area contributed by atoms with Gasteiger partial charge in [-0.15, -0.1) is 16.4 Å². The minimum absolute atomic E-state index is 0.264. The quantitative estimate of drug-likeness (QED) is 0.683. The highest BCUT2D eigenvalue weighted by Gasteiger charge is 2.45. The second-order valence-electron chi connectivity index (χ2n) is 6.21. The summed E-state index contributed by atoms with van der Waals surface area (Å²) < 4.78 is 13.9. The zero-order valence-corrected chi connectivity index (χ0v) is 14.6. The molecular weight excluding hydrogens is 369 g/mol. The summed E-state index contributed by atoms with van der Waals surface area (Å²) in [7, 11) is 0. The van der Waals surface area contributed by atoms with Gasteiger partial charge in [-0.2, -0.15) is 0 Å². The number of thiazole rings is 1. The van der Waals surface area contributed by atoms with Gasteiger partial charge in [0.1, 0.15) is 11.9 Å². The molecule has 2 aliphatic heterocycles. The smallest absolute Gasteiger partial charge is 0.289 e.